The standard InChI is InChI=1S/C28H36N4O2.ClH/c1-8-34-28(33)31-25-9-10-26(29-15-23-19(4)11-17(2)12-20(23)5)32-27(25)30-16-24-21(6)13-18(3)14-22(24)7;/h9-14H,8,15-16H2,1-7H3,(H,31,33)(H2,29,30,32);1H. The van der Waals surface area contributed by atoms with Crippen molar-refractivity contribution in [2.45, 2.75) is 61.6 Å². The molecule has 35 heavy (non-hydrogen) atoms. The highest BCUT2D eigenvalue weighted by Gasteiger charge is 2.16. The van der Waals surface area contributed by atoms with Crippen molar-refractivity contribution in [2.24, 2.45) is 0 Å². The Bertz CT molecular complexity index is 1150. The number of quaternary nitrogens is 1. The number of nitrogens with two attached hydrogens (primary N) is 1. The first-order valence-corrected chi connectivity index (χ1v) is 11.8. The van der Waals surface area contributed by atoms with Crippen LogP contribution in [0.5, 0.6) is 0 Å². The number of hydrogen-bond donors (Lipinski definition) is 3. The minimum absolute atomic E-state index is 0. The fourth-order valence-corrected chi connectivity index (χ4v) is 4.51. The van der Waals surface area contributed by atoms with Gasteiger partial charge in [-0.1, -0.05) is 35.4 Å². The van der Waals surface area contributed by atoms with Gasteiger partial charge in [0.1, 0.15) is 18.1 Å². The van der Waals surface area contributed by atoms with Crippen LogP contribution in [0.4, 0.5) is 22.1 Å². The highest BCUT2D eigenvalue weighted by atomic mass is 35.5. The number of pyridine rings is 1. The molecule has 1 aromatic heterocycles. The summed E-state index contributed by atoms with van der Waals surface area (Å²) in [4.78, 5) is 16.9. The molecule has 0 aliphatic carbocycles. The zero-order valence-electron chi connectivity index (χ0n) is 21.8. The lowest BCUT2D eigenvalue weighted by Gasteiger charge is -2.15. The van der Waals surface area contributed by atoms with E-state index in [9.17, 15) is 4.79 Å². The van der Waals surface area contributed by atoms with Gasteiger partial charge in [0.15, 0.2) is 0 Å². The lowest BCUT2D eigenvalue weighted by atomic mass is 10.00. The van der Waals surface area contributed by atoms with Gasteiger partial charge in [0, 0.05) is 12.1 Å². The lowest BCUT2D eigenvalue weighted by Crippen LogP contribution is -3.00. The monoisotopic (exact) mass is 496 g/mol. The molecular weight excluding hydrogens is 460 g/mol. The maximum Gasteiger partial charge on any atom is 0.411 e. The molecule has 0 saturated heterocycles. The first-order valence-electron chi connectivity index (χ1n) is 11.8. The number of rotatable bonds is 8. The normalized spacial score (nSPS) is 10.5. The Morgan fingerprint density at radius 1 is 0.886 bits per heavy atom. The van der Waals surface area contributed by atoms with E-state index in [2.05, 4.69) is 81.8 Å². The van der Waals surface area contributed by atoms with E-state index in [1.807, 2.05) is 12.1 Å². The van der Waals surface area contributed by atoms with Crippen molar-refractivity contribution in [3.63, 3.8) is 0 Å². The fourth-order valence-electron chi connectivity index (χ4n) is 4.51. The van der Waals surface area contributed by atoms with Crippen LogP contribution in [0.1, 0.15) is 51.4 Å². The number of carbonyl (C=O) groups excluding carboxylic acids is 1. The summed E-state index contributed by atoms with van der Waals surface area (Å²) in [7, 11) is 0. The summed E-state index contributed by atoms with van der Waals surface area (Å²) in [5.41, 5.74) is 10.8. The Morgan fingerprint density at radius 3 is 1.97 bits per heavy atom. The summed E-state index contributed by atoms with van der Waals surface area (Å²) in [6.45, 7) is 16.3. The van der Waals surface area contributed by atoms with Crippen LogP contribution in [0.15, 0.2) is 36.4 Å². The van der Waals surface area contributed by atoms with E-state index < -0.39 is 6.09 Å². The molecule has 0 atom stereocenters. The van der Waals surface area contributed by atoms with Crippen molar-refractivity contribution in [1.29, 1.82) is 0 Å². The number of nitrogens with one attached hydrogen (secondary N) is 2. The Kier molecular flexibility index (Phi) is 10.1. The molecule has 0 aliphatic rings. The van der Waals surface area contributed by atoms with E-state index >= 15 is 0 Å². The number of aromatic nitrogens is 1. The first-order chi connectivity index (χ1) is 16.2. The predicted molar refractivity (Wildman–Crippen MR) is 139 cm³/mol. The largest absolute Gasteiger partial charge is 1.00 e. The summed E-state index contributed by atoms with van der Waals surface area (Å²) in [5.74, 6) is 1.48. The molecule has 3 rings (SSSR count). The minimum Gasteiger partial charge on any atom is -1.00 e. The molecule has 2 aromatic carbocycles. The van der Waals surface area contributed by atoms with Gasteiger partial charge in [-0.3, -0.25) is 10.6 Å². The molecule has 7 heteroatoms. The molecule has 0 bridgehead atoms. The van der Waals surface area contributed by atoms with Crippen LogP contribution < -0.4 is 28.4 Å². The number of ether oxygens (including phenoxy) is 1. The molecule has 0 fully saturated rings. The van der Waals surface area contributed by atoms with Gasteiger partial charge in [-0.05, 0) is 88.4 Å². The van der Waals surface area contributed by atoms with Gasteiger partial charge in [-0.25, -0.2) is 4.79 Å². The highest BCUT2D eigenvalue weighted by molar-refractivity contribution is 5.87. The zero-order valence-corrected chi connectivity index (χ0v) is 22.6. The highest BCUT2D eigenvalue weighted by Crippen LogP contribution is 2.22. The maximum absolute atomic E-state index is 12.1. The van der Waals surface area contributed by atoms with Gasteiger partial charge in [0.2, 0.25) is 0 Å². The summed E-state index contributed by atoms with van der Waals surface area (Å²) >= 11 is 0. The van der Waals surface area contributed by atoms with E-state index in [4.69, 9.17) is 9.72 Å². The lowest BCUT2D eigenvalue weighted by molar-refractivity contribution is -0.591. The van der Waals surface area contributed by atoms with Gasteiger partial charge in [0.05, 0.1) is 6.61 Å². The molecule has 1 amide bonds. The van der Waals surface area contributed by atoms with Crippen molar-refractivity contribution in [3.05, 3.63) is 80.9 Å². The number of anilines is 2. The summed E-state index contributed by atoms with van der Waals surface area (Å²) in [6, 6.07) is 12.6. The van der Waals surface area contributed by atoms with Gasteiger partial charge < -0.3 is 22.5 Å². The number of nitrogens with zero attached hydrogens (tertiary/aromatic N) is 1. The van der Waals surface area contributed by atoms with Crippen molar-refractivity contribution in [1.82, 2.24) is 4.98 Å². The van der Waals surface area contributed by atoms with Crippen LogP contribution in [0.2, 0.25) is 0 Å². The molecule has 0 unspecified atom stereocenters. The smallest absolute Gasteiger partial charge is 0.411 e. The van der Waals surface area contributed by atoms with Crippen LogP contribution in [0, 0.1) is 41.5 Å². The third kappa shape index (κ3) is 7.44. The topological polar surface area (TPSA) is 79.9 Å². The molecule has 3 aromatic rings. The number of halogens is 1. The fraction of sp³-hybridized carbons (Fsp3) is 0.357. The SMILES string of the molecule is CCOC(=O)Nc1ccc(NCc2c(C)cc(C)cc2C)nc1[NH2+]Cc1c(C)cc(C)cc1C.[Cl-]. The van der Waals surface area contributed by atoms with Crippen molar-refractivity contribution >= 4 is 23.4 Å². The Morgan fingerprint density at radius 2 is 1.43 bits per heavy atom. The van der Waals surface area contributed by atoms with Gasteiger partial charge in [0.25, 0.3) is 5.82 Å². The van der Waals surface area contributed by atoms with Gasteiger partial charge >= 0.3 is 6.09 Å². The van der Waals surface area contributed by atoms with E-state index in [0.717, 1.165) is 18.2 Å². The first kappa shape index (κ1) is 28.1. The van der Waals surface area contributed by atoms with Gasteiger partial charge in [-0.15, -0.1) is 0 Å². The molecule has 0 saturated carbocycles. The van der Waals surface area contributed by atoms with Crippen LogP contribution in [0.3, 0.4) is 0 Å². The number of aryl methyl sites for hydroxylation is 6. The Labute approximate surface area is 215 Å². The third-order valence-electron chi connectivity index (χ3n) is 6.06. The molecule has 0 aliphatic heterocycles. The van der Waals surface area contributed by atoms with E-state index in [-0.39, 0.29) is 12.4 Å². The van der Waals surface area contributed by atoms with Crippen molar-refractivity contribution in [2.75, 3.05) is 17.2 Å². The van der Waals surface area contributed by atoms with Gasteiger partial charge in [-0.2, -0.15) is 4.98 Å². The third-order valence-corrected chi connectivity index (χ3v) is 6.06. The van der Waals surface area contributed by atoms with Crippen LogP contribution in [-0.4, -0.2) is 17.7 Å². The minimum atomic E-state index is -0.478. The Balaban J connectivity index is 0.00000432. The predicted octanol–water partition coefficient (Wildman–Crippen LogP) is 2.51. The molecule has 1 heterocycles. The number of carbonyl (C=O) groups is 1. The van der Waals surface area contributed by atoms with E-state index in [0.29, 0.717) is 18.8 Å². The zero-order chi connectivity index (χ0) is 24.8. The Hall–Kier alpha value is -3.09. The average Bonchev–Trinajstić information content (AvgIpc) is 2.73. The molecule has 188 valence electrons. The second kappa shape index (κ2) is 12.6. The number of benzene rings is 2. The van der Waals surface area contributed by atoms with Crippen molar-refractivity contribution < 1.29 is 27.3 Å². The van der Waals surface area contributed by atoms with Crippen LogP contribution >= 0.6 is 0 Å². The summed E-state index contributed by atoms with van der Waals surface area (Å²) < 4.78 is 5.08. The second-order valence-electron chi connectivity index (χ2n) is 8.99. The molecular formula is C28H37ClN4O2. The average molecular weight is 497 g/mol. The molecule has 4 N–H and O–H groups in total. The van der Waals surface area contributed by atoms with Crippen LogP contribution in [0.25, 0.3) is 0 Å². The second-order valence-corrected chi connectivity index (χ2v) is 8.99. The molecule has 0 spiro atoms. The van der Waals surface area contributed by atoms with E-state index in [1.54, 1.807) is 6.92 Å². The quantitative estimate of drug-likeness (QED) is 0.447. The molecule has 0 radical (unpaired) electrons. The summed E-state index contributed by atoms with van der Waals surface area (Å²) in [6.07, 6.45) is -0.478. The summed E-state index contributed by atoms with van der Waals surface area (Å²) in [5, 5.41) is 8.36. The maximum atomic E-state index is 12.1. The van der Waals surface area contributed by atoms with Crippen LogP contribution in [-0.2, 0) is 17.8 Å². The molecule has 6 nitrogen and oxygen atoms in total. The van der Waals surface area contributed by atoms with E-state index in [1.165, 1.54) is 44.5 Å². The number of hydrogen-bond acceptors (Lipinski definition) is 4. The number of amides is 1. The van der Waals surface area contributed by atoms with Crippen molar-refractivity contribution in [3.8, 4) is 0 Å².